The number of nitrogens with one attached hydrogen (secondary N) is 1. The van der Waals surface area contributed by atoms with E-state index in [1.54, 1.807) is 7.11 Å². The summed E-state index contributed by atoms with van der Waals surface area (Å²) in [4.78, 5) is 21.4. The van der Waals surface area contributed by atoms with Gasteiger partial charge in [0.1, 0.15) is 11.3 Å². The van der Waals surface area contributed by atoms with Gasteiger partial charge in [-0.25, -0.2) is 9.78 Å². The summed E-state index contributed by atoms with van der Waals surface area (Å²) in [5, 5.41) is 3.00. The third-order valence-corrected chi connectivity index (χ3v) is 5.92. The number of carbonyl (C=O) groups is 1. The SMILES string of the molecule is COc1ccc(CNC(=O)N2CCN(Cc3nc4cc(C(C)(C)C)ccc4o3)CC2)cc1. The van der Waals surface area contributed by atoms with E-state index in [1.807, 2.05) is 35.2 Å². The van der Waals surface area contributed by atoms with Crippen molar-refractivity contribution in [1.29, 1.82) is 0 Å². The van der Waals surface area contributed by atoms with E-state index in [4.69, 9.17) is 14.1 Å². The van der Waals surface area contributed by atoms with Crippen LogP contribution in [0.2, 0.25) is 0 Å². The second-order valence-corrected chi connectivity index (χ2v) is 9.31. The first-order chi connectivity index (χ1) is 15.3. The van der Waals surface area contributed by atoms with Gasteiger partial charge in [-0.1, -0.05) is 39.0 Å². The number of rotatable bonds is 5. The molecule has 1 aliphatic heterocycles. The molecule has 2 aromatic carbocycles. The number of aromatic nitrogens is 1. The summed E-state index contributed by atoms with van der Waals surface area (Å²) in [6.45, 7) is 10.7. The van der Waals surface area contributed by atoms with Gasteiger partial charge in [0.05, 0.1) is 13.7 Å². The molecule has 0 atom stereocenters. The highest BCUT2D eigenvalue weighted by Crippen LogP contribution is 2.26. The monoisotopic (exact) mass is 436 g/mol. The first kappa shape index (κ1) is 22.1. The van der Waals surface area contributed by atoms with Gasteiger partial charge < -0.3 is 19.4 Å². The molecule has 1 N–H and O–H groups in total. The van der Waals surface area contributed by atoms with E-state index >= 15 is 0 Å². The van der Waals surface area contributed by atoms with Crippen LogP contribution in [0, 0.1) is 0 Å². The molecule has 4 rings (SSSR count). The number of oxazole rings is 1. The highest BCUT2D eigenvalue weighted by atomic mass is 16.5. The number of hydrogen-bond donors (Lipinski definition) is 1. The van der Waals surface area contributed by atoms with Crippen LogP contribution in [0.1, 0.15) is 37.8 Å². The summed E-state index contributed by atoms with van der Waals surface area (Å²) in [6, 6.07) is 13.9. The lowest BCUT2D eigenvalue weighted by molar-refractivity contribution is 0.129. The largest absolute Gasteiger partial charge is 0.497 e. The first-order valence-electron chi connectivity index (χ1n) is 11.1. The lowest BCUT2D eigenvalue weighted by Gasteiger charge is -2.34. The smallest absolute Gasteiger partial charge is 0.317 e. The number of carbonyl (C=O) groups excluding carboxylic acids is 1. The molecule has 0 radical (unpaired) electrons. The Balaban J connectivity index is 1.27. The Morgan fingerprint density at radius 3 is 2.47 bits per heavy atom. The topological polar surface area (TPSA) is 70.8 Å². The maximum absolute atomic E-state index is 12.5. The lowest BCUT2D eigenvalue weighted by Crippen LogP contribution is -2.51. The number of urea groups is 1. The van der Waals surface area contributed by atoms with Crippen molar-refractivity contribution in [3.63, 3.8) is 0 Å². The molecule has 1 fully saturated rings. The van der Waals surface area contributed by atoms with Crippen molar-refractivity contribution < 1.29 is 13.9 Å². The van der Waals surface area contributed by atoms with Crippen molar-refractivity contribution in [3.8, 4) is 5.75 Å². The molecule has 170 valence electrons. The first-order valence-corrected chi connectivity index (χ1v) is 11.1. The van der Waals surface area contributed by atoms with Gasteiger partial charge in [-0.05, 0) is 40.8 Å². The van der Waals surface area contributed by atoms with Gasteiger partial charge >= 0.3 is 6.03 Å². The molecule has 2 amide bonds. The molecule has 1 aromatic heterocycles. The fourth-order valence-electron chi connectivity index (χ4n) is 3.84. The van der Waals surface area contributed by atoms with E-state index < -0.39 is 0 Å². The Morgan fingerprint density at radius 2 is 1.81 bits per heavy atom. The number of benzene rings is 2. The fourth-order valence-corrected chi connectivity index (χ4v) is 3.84. The van der Waals surface area contributed by atoms with Crippen LogP contribution in [0.25, 0.3) is 11.1 Å². The number of amides is 2. The molecular weight excluding hydrogens is 404 g/mol. The average Bonchev–Trinajstić information content (AvgIpc) is 3.19. The number of piperazine rings is 1. The molecule has 0 saturated carbocycles. The zero-order valence-corrected chi connectivity index (χ0v) is 19.4. The van der Waals surface area contributed by atoms with E-state index in [0.29, 0.717) is 26.2 Å². The molecular formula is C25H32N4O3. The lowest BCUT2D eigenvalue weighted by atomic mass is 9.87. The van der Waals surface area contributed by atoms with Gasteiger partial charge in [0.25, 0.3) is 0 Å². The summed E-state index contributed by atoms with van der Waals surface area (Å²) in [5.41, 5.74) is 4.11. The molecule has 0 spiro atoms. The van der Waals surface area contributed by atoms with Gasteiger partial charge in [-0.15, -0.1) is 0 Å². The molecule has 1 saturated heterocycles. The van der Waals surface area contributed by atoms with Gasteiger partial charge in [-0.3, -0.25) is 4.90 Å². The van der Waals surface area contributed by atoms with Gasteiger partial charge in [-0.2, -0.15) is 0 Å². The number of nitrogens with zero attached hydrogens (tertiary/aromatic N) is 3. The van der Waals surface area contributed by atoms with E-state index in [0.717, 1.165) is 41.4 Å². The summed E-state index contributed by atoms with van der Waals surface area (Å²) in [5.74, 6) is 1.54. The molecule has 3 aromatic rings. The van der Waals surface area contributed by atoms with Crippen LogP contribution in [0.3, 0.4) is 0 Å². The Labute approximate surface area is 189 Å². The number of methoxy groups -OCH3 is 1. The standard InChI is InChI=1S/C25H32N4O3/c1-25(2,3)19-7-10-22-21(15-19)27-23(32-22)17-28-11-13-29(14-12-28)24(30)26-16-18-5-8-20(31-4)9-6-18/h5-10,15H,11-14,16-17H2,1-4H3,(H,26,30). The van der Waals surface area contributed by atoms with E-state index in [-0.39, 0.29) is 11.4 Å². The summed E-state index contributed by atoms with van der Waals surface area (Å²) in [6.07, 6.45) is 0. The van der Waals surface area contributed by atoms with E-state index in [9.17, 15) is 4.79 Å². The van der Waals surface area contributed by atoms with E-state index in [1.165, 1.54) is 5.56 Å². The summed E-state index contributed by atoms with van der Waals surface area (Å²) < 4.78 is 11.1. The highest BCUT2D eigenvalue weighted by Gasteiger charge is 2.22. The molecule has 1 aliphatic rings. The minimum Gasteiger partial charge on any atom is -0.497 e. The van der Waals surface area contributed by atoms with E-state index in [2.05, 4.69) is 43.1 Å². The summed E-state index contributed by atoms with van der Waals surface area (Å²) >= 11 is 0. The van der Waals surface area contributed by atoms with Crippen molar-refractivity contribution in [2.75, 3.05) is 33.3 Å². The van der Waals surface area contributed by atoms with Crippen LogP contribution in [0.5, 0.6) is 5.75 Å². The van der Waals surface area contributed by atoms with Crippen LogP contribution in [-0.4, -0.2) is 54.1 Å². The quantitative estimate of drug-likeness (QED) is 0.650. The summed E-state index contributed by atoms with van der Waals surface area (Å²) in [7, 11) is 1.64. The van der Waals surface area contributed by atoms with Crippen LogP contribution >= 0.6 is 0 Å². The predicted octanol–water partition coefficient (Wildman–Crippen LogP) is 4.16. The van der Waals surface area contributed by atoms with Crippen LogP contribution in [-0.2, 0) is 18.5 Å². The molecule has 0 unspecified atom stereocenters. The zero-order valence-electron chi connectivity index (χ0n) is 19.4. The predicted molar refractivity (Wildman–Crippen MR) is 125 cm³/mol. The van der Waals surface area contributed by atoms with Crippen LogP contribution in [0.15, 0.2) is 46.9 Å². The van der Waals surface area contributed by atoms with Crippen LogP contribution in [0.4, 0.5) is 4.79 Å². The Morgan fingerprint density at radius 1 is 1.09 bits per heavy atom. The maximum Gasteiger partial charge on any atom is 0.317 e. The van der Waals surface area contributed by atoms with Crippen LogP contribution < -0.4 is 10.1 Å². The molecule has 7 nitrogen and oxygen atoms in total. The van der Waals surface area contributed by atoms with Crippen molar-refractivity contribution in [1.82, 2.24) is 20.1 Å². The number of hydrogen-bond acceptors (Lipinski definition) is 5. The minimum atomic E-state index is -0.0305. The van der Waals surface area contributed by atoms with Crippen molar-refractivity contribution in [2.45, 2.75) is 39.3 Å². The van der Waals surface area contributed by atoms with Gasteiger partial charge in [0, 0.05) is 32.7 Å². The normalized spacial score (nSPS) is 15.2. The second kappa shape index (κ2) is 9.20. The Kier molecular flexibility index (Phi) is 6.37. The minimum absolute atomic E-state index is 0.0305. The van der Waals surface area contributed by atoms with Gasteiger partial charge in [0.15, 0.2) is 5.58 Å². The van der Waals surface area contributed by atoms with Crippen molar-refractivity contribution in [3.05, 3.63) is 59.5 Å². The van der Waals surface area contributed by atoms with Crippen molar-refractivity contribution in [2.24, 2.45) is 0 Å². The number of fused-ring (bicyclic) bond motifs is 1. The maximum atomic E-state index is 12.5. The highest BCUT2D eigenvalue weighted by molar-refractivity contribution is 5.74. The molecule has 7 heteroatoms. The molecule has 0 bridgehead atoms. The van der Waals surface area contributed by atoms with Gasteiger partial charge in [0.2, 0.25) is 5.89 Å². The molecule has 0 aliphatic carbocycles. The second-order valence-electron chi connectivity index (χ2n) is 9.31. The zero-order chi connectivity index (χ0) is 22.7. The molecule has 32 heavy (non-hydrogen) atoms. The Hall–Kier alpha value is -3.06. The third kappa shape index (κ3) is 5.22. The molecule has 2 heterocycles. The fraction of sp³-hybridized carbons (Fsp3) is 0.440. The number of ether oxygens (including phenoxy) is 1. The third-order valence-electron chi connectivity index (χ3n) is 5.92. The average molecular weight is 437 g/mol. The Bertz CT molecular complexity index is 1060. The van der Waals surface area contributed by atoms with Crippen molar-refractivity contribution >= 4 is 17.1 Å².